The number of amidine groups is 1. The van der Waals surface area contributed by atoms with Gasteiger partial charge in [0.25, 0.3) is 0 Å². The van der Waals surface area contributed by atoms with Crippen molar-refractivity contribution in [3.05, 3.63) is 87.3 Å². The van der Waals surface area contributed by atoms with E-state index in [-0.39, 0.29) is 22.7 Å². The summed E-state index contributed by atoms with van der Waals surface area (Å²) in [6.07, 6.45) is 4.54. The van der Waals surface area contributed by atoms with Gasteiger partial charge in [0.15, 0.2) is 16.6 Å². The molecule has 0 saturated carbocycles. The van der Waals surface area contributed by atoms with Gasteiger partial charge in [0, 0.05) is 47.1 Å². The normalized spacial score (nSPS) is 21.5. The Morgan fingerprint density at radius 3 is 2.16 bits per heavy atom. The van der Waals surface area contributed by atoms with E-state index in [1.165, 1.54) is 23.1 Å². The summed E-state index contributed by atoms with van der Waals surface area (Å²) < 4.78 is 2.26. The first-order chi connectivity index (χ1) is 18.7. The predicted molar refractivity (Wildman–Crippen MR) is 153 cm³/mol. The molecule has 2 saturated heterocycles. The lowest BCUT2D eigenvalue weighted by atomic mass is 9.84. The number of rotatable bonds is 4. The van der Waals surface area contributed by atoms with Crippen molar-refractivity contribution >= 4 is 50.5 Å². The van der Waals surface area contributed by atoms with E-state index in [1.807, 2.05) is 60.7 Å². The average molecular weight is 539 g/mol. The topological polar surface area (TPSA) is 71.6 Å². The summed E-state index contributed by atoms with van der Waals surface area (Å²) in [5.74, 6) is -0.393. The van der Waals surface area contributed by atoms with Gasteiger partial charge in [-0.15, -0.1) is 0 Å². The van der Waals surface area contributed by atoms with Crippen LogP contribution in [-0.4, -0.2) is 52.4 Å². The molecule has 3 aliphatic heterocycles. The van der Waals surface area contributed by atoms with Crippen LogP contribution in [0.3, 0.4) is 0 Å². The molecule has 2 fully saturated rings. The highest BCUT2D eigenvalue weighted by Crippen LogP contribution is 2.48. The van der Waals surface area contributed by atoms with Gasteiger partial charge in [0.1, 0.15) is 0 Å². The largest absolute Gasteiger partial charge is 0.871 e. The Bertz CT molecular complexity index is 1550. The molecule has 1 aromatic heterocycles. The van der Waals surface area contributed by atoms with Crippen LogP contribution in [0.5, 0.6) is 0 Å². The van der Waals surface area contributed by atoms with Crippen molar-refractivity contribution in [1.29, 1.82) is 0 Å². The molecule has 0 N–H and O–H groups in total. The smallest absolute Gasteiger partial charge is 0.360 e. The second kappa shape index (κ2) is 9.67. The zero-order valence-corrected chi connectivity index (χ0v) is 22.5. The molecule has 0 radical (unpaired) electrons. The number of allylic oxidation sites excluding steroid dienone is 3. The van der Waals surface area contributed by atoms with E-state index in [0.29, 0.717) is 9.78 Å². The van der Waals surface area contributed by atoms with Gasteiger partial charge in [-0.25, -0.2) is 4.98 Å². The summed E-state index contributed by atoms with van der Waals surface area (Å²) in [7, 11) is 0. The molecule has 0 unspecified atom stereocenters. The van der Waals surface area contributed by atoms with E-state index in [1.54, 1.807) is 0 Å². The fourth-order valence-electron chi connectivity index (χ4n) is 5.43. The summed E-state index contributed by atoms with van der Waals surface area (Å²) in [6, 6.07) is 19.7. The molecule has 2 aromatic carbocycles. The first kappa shape index (κ1) is 23.6. The van der Waals surface area contributed by atoms with Crippen molar-refractivity contribution in [2.24, 2.45) is 4.99 Å². The number of anilines is 1. The lowest BCUT2D eigenvalue weighted by Gasteiger charge is -2.31. The molecule has 6 nitrogen and oxygen atoms in total. The SMILES string of the molecule is O=C1C(c2sc(N3CCCC3)nc2-c2ccccc2)=C([O-])/C1=C1\SC(=[N+]2CCCC2)N=C1c1ccccc1. The summed E-state index contributed by atoms with van der Waals surface area (Å²) in [5, 5.41) is 15.6. The Morgan fingerprint density at radius 1 is 0.842 bits per heavy atom. The summed E-state index contributed by atoms with van der Waals surface area (Å²) in [4.78, 5) is 27.4. The number of aromatic nitrogens is 1. The van der Waals surface area contributed by atoms with E-state index in [0.717, 1.165) is 84.7 Å². The molecule has 0 amide bonds. The number of nitrogens with zero attached hydrogens (tertiary/aromatic N) is 4. The number of hydrogen-bond donors (Lipinski definition) is 0. The minimum absolute atomic E-state index is 0.197. The minimum Gasteiger partial charge on any atom is -0.871 e. The van der Waals surface area contributed by atoms with Crippen molar-refractivity contribution in [3.63, 3.8) is 0 Å². The van der Waals surface area contributed by atoms with E-state index >= 15 is 0 Å². The Kier molecular flexibility index (Phi) is 6.01. The maximum Gasteiger partial charge on any atom is 0.360 e. The van der Waals surface area contributed by atoms with E-state index in [9.17, 15) is 9.90 Å². The van der Waals surface area contributed by atoms with Crippen LogP contribution in [0.4, 0.5) is 5.13 Å². The second-order valence-corrected chi connectivity index (χ2v) is 11.8. The third kappa shape index (κ3) is 3.94. The number of ketones is 1. The van der Waals surface area contributed by atoms with Gasteiger partial charge in [0.2, 0.25) is 0 Å². The van der Waals surface area contributed by atoms with Gasteiger partial charge in [-0.1, -0.05) is 77.8 Å². The molecule has 8 heteroatoms. The molecule has 0 bridgehead atoms. The number of carbonyl (C=O) groups is 1. The molecule has 4 aliphatic rings. The van der Waals surface area contributed by atoms with Gasteiger partial charge in [-0.2, -0.15) is 0 Å². The van der Waals surface area contributed by atoms with Crippen LogP contribution in [0.15, 0.2) is 81.9 Å². The van der Waals surface area contributed by atoms with Crippen molar-refractivity contribution in [2.75, 3.05) is 31.1 Å². The Balaban J connectivity index is 1.36. The molecule has 7 rings (SSSR count). The third-order valence-electron chi connectivity index (χ3n) is 7.44. The van der Waals surface area contributed by atoms with Crippen LogP contribution in [0.2, 0.25) is 0 Å². The van der Waals surface area contributed by atoms with Crippen LogP contribution in [0.25, 0.3) is 16.8 Å². The number of thioether (sulfide) groups is 1. The highest BCUT2D eigenvalue weighted by atomic mass is 32.2. The maximum atomic E-state index is 13.8. The minimum atomic E-state index is -0.197. The van der Waals surface area contributed by atoms with E-state index < -0.39 is 0 Å². The Hall–Kier alpha value is -3.49. The summed E-state index contributed by atoms with van der Waals surface area (Å²) in [6.45, 7) is 3.82. The molecule has 0 spiro atoms. The van der Waals surface area contributed by atoms with Crippen molar-refractivity contribution < 1.29 is 14.5 Å². The van der Waals surface area contributed by atoms with Crippen LogP contribution >= 0.6 is 23.1 Å². The zero-order valence-electron chi connectivity index (χ0n) is 20.9. The van der Waals surface area contributed by atoms with Crippen molar-refractivity contribution in [1.82, 2.24) is 4.98 Å². The monoisotopic (exact) mass is 538 g/mol. The molecule has 4 heterocycles. The van der Waals surface area contributed by atoms with E-state index in [2.05, 4.69) is 9.48 Å². The third-order valence-corrected chi connectivity index (χ3v) is 9.71. The lowest BCUT2D eigenvalue weighted by molar-refractivity contribution is -0.503. The van der Waals surface area contributed by atoms with Crippen LogP contribution < -0.4 is 10.0 Å². The summed E-state index contributed by atoms with van der Waals surface area (Å²) in [5.41, 5.74) is 3.81. The molecule has 38 heavy (non-hydrogen) atoms. The number of benzene rings is 2. The predicted octanol–water partition coefficient (Wildman–Crippen LogP) is 4.72. The van der Waals surface area contributed by atoms with Crippen molar-refractivity contribution in [3.8, 4) is 11.3 Å². The van der Waals surface area contributed by atoms with Gasteiger partial charge in [0.05, 0.1) is 28.6 Å². The maximum absolute atomic E-state index is 13.8. The molecule has 3 aromatic rings. The highest BCUT2D eigenvalue weighted by molar-refractivity contribution is 8.18. The first-order valence-corrected chi connectivity index (χ1v) is 14.8. The zero-order chi connectivity index (χ0) is 25.6. The highest BCUT2D eigenvalue weighted by Gasteiger charge is 2.42. The van der Waals surface area contributed by atoms with Crippen LogP contribution in [-0.2, 0) is 4.79 Å². The van der Waals surface area contributed by atoms with Gasteiger partial charge in [-0.3, -0.25) is 9.37 Å². The van der Waals surface area contributed by atoms with Gasteiger partial charge < -0.3 is 10.0 Å². The molecule has 190 valence electrons. The van der Waals surface area contributed by atoms with Crippen LogP contribution in [0.1, 0.15) is 36.1 Å². The lowest BCUT2D eigenvalue weighted by Crippen LogP contribution is -2.30. The number of Topliss-reactive ketones (excluding diaryl/α,β-unsaturated/α-hetero) is 1. The van der Waals surface area contributed by atoms with Crippen LogP contribution in [0, 0.1) is 0 Å². The van der Waals surface area contributed by atoms with Gasteiger partial charge in [-0.05, 0) is 30.7 Å². The molecular formula is C30H26N4O2S2. The number of thiazole rings is 1. The quantitative estimate of drug-likeness (QED) is 0.355. The van der Waals surface area contributed by atoms with Crippen molar-refractivity contribution in [2.45, 2.75) is 25.7 Å². The fourth-order valence-corrected chi connectivity index (χ4v) is 7.79. The first-order valence-electron chi connectivity index (χ1n) is 13.2. The second-order valence-electron chi connectivity index (χ2n) is 9.88. The number of carbonyl (C=O) groups excluding carboxylic acids is 1. The van der Waals surface area contributed by atoms with E-state index in [4.69, 9.17) is 9.98 Å². The fraction of sp³-hybridized carbons (Fsp3) is 0.267. The standard InChI is InChI=1S/C30H26N4O2S2/c35-25-21(27-23(19-11-3-1-4-12-19)31-29(37-27)33-15-7-8-16-33)26(36)22(25)28-24(20-13-5-2-6-14-20)32-30(38-28)34-17-9-10-18-34/h1-6,11-14H,7-10,15-18H2. The average Bonchev–Trinajstić information content (AvgIpc) is 3.77. The molecule has 1 aliphatic carbocycles. The number of hydrogen-bond acceptors (Lipinski definition) is 6. The Labute approximate surface area is 229 Å². The molecule has 0 atom stereocenters. The summed E-state index contributed by atoms with van der Waals surface area (Å²) >= 11 is 2.94. The Morgan fingerprint density at radius 2 is 1.50 bits per heavy atom. The molecular weight excluding hydrogens is 512 g/mol. The number of aliphatic imine (C=N–C) groups is 1. The van der Waals surface area contributed by atoms with Gasteiger partial charge >= 0.3 is 5.17 Å².